The Hall–Kier alpha value is -0.945. The van der Waals surface area contributed by atoms with Crippen LogP contribution in [0.4, 0.5) is 4.39 Å². The third-order valence-corrected chi connectivity index (χ3v) is 3.24. The van der Waals surface area contributed by atoms with E-state index in [1.165, 1.54) is 6.07 Å². The second-order valence-electron chi connectivity index (χ2n) is 4.70. The number of halogens is 1. The average molecular weight is 253 g/mol. The Morgan fingerprint density at radius 2 is 2.22 bits per heavy atom. The van der Waals surface area contributed by atoms with Gasteiger partial charge in [0.1, 0.15) is 5.82 Å². The zero-order chi connectivity index (χ0) is 13.1. The van der Waals surface area contributed by atoms with Crippen LogP contribution in [0.3, 0.4) is 0 Å². The maximum absolute atomic E-state index is 13.4. The highest BCUT2D eigenvalue weighted by Gasteiger charge is 2.21. The molecule has 0 aliphatic carbocycles. The molecule has 1 atom stereocenters. The third-order valence-electron chi connectivity index (χ3n) is 3.24. The number of nitrogens with zero attached hydrogens (tertiary/aromatic N) is 1. The molecule has 4 nitrogen and oxygen atoms in total. The average Bonchev–Trinajstić information content (AvgIpc) is 2.81. The van der Waals surface area contributed by atoms with E-state index in [-0.39, 0.29) is 5.46 Å². The molecule has 2 N–H and O–H groups in total. The fourth-order valence-corrected chi connectivity index (χ4v) is 2.20. The van der Waals surface area contributed by atoms with Gasteiger partial charge in [0.25, 0.3) is 0 Å². The fourth-order valence-electron chi connectivity index (χ4n) is 2.20. The van der Waals surface area contributed by atoms with E-state index in [1.807, 2.05) is 7.05 Å². The Morgan fingerprint density at radius 3 is 2.83 bits per heavy atom. The number of rotatable bonds is 4. The van der Waals surface area contributed by atoms with Gasteiger partial charge in [-0.1, -0.05) is 6.07 Å². The Bertz CT molecular complexity index is 410. The summed E-state index contributed by atoms with van der Waals surface area (Å²) in [6.07, 6.45) is 0.974. The molecule has 0 saturated carbocycles. The summed E-state index contributed by atoms with van der Waals surface area (Å²) in [6, 6.07) is 4.50. The predicted octanol–water partition coefficient (Wildman–Crippen LogP) is -0.274. The highest BCUT2D eigenvalue weighted by Crippen LogP contribution is 2.14. The number of likely N-dealkylation sites (N-methyl/N-ethyl adjacent to an activating group) is 1. The molecule has 0 spiro atoms. The molecule has 1 fully saturated rings. The lowest BCUT2D eigenvalue weighted by molar-refractivity contribution is 0.156. The van der Waals surface area contributed by atoms with Crippen LogP contribution in [-0.4, -0.2) is 48.4 Å². The maximum atomic E-state index is 13.4. The first-order valence-electron chi connectivity index (χ1n) is 6.00. The smallest absolute Gasteiger partial charge is 0.423 e. The van der Waals surface area contributed by atoms with E-state index in [1.54, 1.807) is 6.07 Å². The molecule has 0 bridgehead atoms. The van der Waals surface area contributed by atoms with Crippen molar-refractivity contribution in [1.82, 2.24) is 4.90 Å². The van der Waals surface area contributed by atoms with Gasteiger partial charge in [0.05, 0.1) is 6.61 Å². The zero-order valence-corrected chi connectivity index (χ0v) is 10.3. The second kappa shape index (κ2) is 5.80. The van der Waals surface area contributed by atoms with Gasteiger partial charge in [-0.05, 0) is 36.6 Å². The van der Waals surface area contributed by atoms with Gasteiger partial charge in [0, 0.05) is 19.2 Å². The zero-order valence-electron chi connectivity index (χ0n) is 10.3. The molecule has 1 heterocycles. The van der Waals surface area contributed by atoms with E-state index in [4.69, 9.17) is 14.8 Å². The Labute approximate surface area is 106 Å². The van der Waals surface area contributed by atoms with E-state index < -0.39 is 12.9 Å². The summed E-state index contributed by atoms with van der Waals surface area (Å²) in [5, 5.41) is 18.1. The van der Waals surface area contributed by atoms with Crippen LogP contribution < -0.4 is 5.46 Å². The topological polar surface area (TPSA) is 52.9 Å². The molecule has 98 valence electrons. The lowest BCUT2D eigenvalue weighted by atomic mass is 9.79. The lowest BCUT2D eigenvalue weighted by Crippen LogP contribution is -2.33. The van der Waals surface area contributed by atoms with Gasteiger partial charge in [-0.15, -0.1) is 0 Å². The number of benzene rings is 1. The maximum Gasteiger partial charge on any atom is 0.488 e. The Kier molecular flexibility index (Phi) is 4.34. The van der Waals surface area contributed by atoms with Gasteiger partial charge in [-0.3, -0.25) is 4.90 Å². The molecule has 1 unspecified atom stereocenters. The Morgan fingerprint density at radius 1 is 1.44 bits per heavy atom. The van der Waals surface area contributed by atoms with Gasteiger partial charge in [-0.2, -0.15) is 0 Å². The first kappa shape index (κ1) is 13.5. The highest BCUT2D eigenvalue weighted by molar-refractivity contribution is 6.58. The molecule has 1 saturated heterocycles. The van der Waals surface area contributed by atoms with Crippen LogP contribution in [0.5, 0.6) is 0 Å². The normalized spacial score (nSPS) is 19.5. The molecule has 2 rings (SSSR count). The van der Waals surface area contributed by atoms with Crippen molar-refractivity contribution in [1.29, 1.82) is 0 Å². The molecule has 0 radical (unpaired) electrons. The van der Waals surface area contributed by atoms with E-state index in [0.29, 0.717) is 19.2 Å². The van der Waals surface area contributed by atoms with Crippen molar-refractivity contribution in [2.45, 2.75) is 19.0 Å². The largest absolute Gasteiger partial charge is 0.488 e. The molecule has 1 aliphatic rings. The fraction of sp³-hybridized carbons (Fsp3) is 0.500. The van der Waals surface area contributed by atoms with Gasteiger partial charge in [-0.25, -0.2) is 4.39 Å². The number of ether oxygens (including phenoxy) is 1. The molecule has 0 aromatic heterocycles. The minimum atomic E-state index is -1.64. The molecule has 1 aromatic rings. The summed E-state index contributed by atoms with van der Waals surface area (Å²) in [4.78, 5) is 2.09. The molecule has 18 heavy (non-hydrogen) atoms. The van der Waals surface area contributed by atoms with Crippen molar-refractivity contribution in [2.75, 3.05) is 20.3 Å². The summed E-state index contributed by atoms with van der Waals surface area (Å²) in [5.74, 6) is -0.452. The first-order chi connectivity index (χ1) is 8.56. The van der Waals surface area contributed by atoms with Crippen molar-refractivity contribution in [3.8, 4) is 0 Å². The van der Waals surface area contributed by atoms with E-state index in [9.17, 15) is 4.39 Å². The van der Waals surface area contributed by atoms with Crippen LogP contribution in [0.2, 0.25) is 0 Å². The summed E-state index contributed by atoms with van der Waals surface area (Å²) in [5.41, 5.74) is 0.911. The molecule has 0 amide bonds. The van der Waals surface area contributed by atoms with Crippen molar-refractivity contribution >= 4 is 12.6 Å². The SMILES string of the molecule is CN(Cc1cc(F)cc(B(O)O)c1)C1CCOC1. The number of hydrogen-bond donors (Lipinski definition) is 2. The molecular formula is C12H17BFNO3. The lowest BCUT2D eigenvalue weighted by Gasteiger charge is -2.23. The molecule has 1 aromatic carbocycles. The molecule has 1 aliphatic heterocycles. The quantitative estimate of drug-likeness (QED) is 0.725. The first-order valence-corrected chi connectivity index (χ1v) is 6.00. The van der Waals surface area contributed by atoms with Crippen LogP contribution in [0, 0.1) is 5.82 Å². The van der Waals surface area contributed by atoms with Crippen LogP contribution in [0.15, 0.2) is 18.2 Å². The summed E-state index contributed by atoms with van der Waals surface area (Å²) < 4.78 is 18.7. The second-order valence-corrected chi connectivity index (χ2v) is 4.70. The van der Waals surface area contributed by atoms with Crippen molar-refractivity contribution in [3.05, 3.63) is 29.6 Å². The highest BCUT2D eigenvalue weighted by atomic mass is 19.1. The van der Waals surface area contributed by atoms with Gasteiger partial charge < -0.3 is 14.8 Å². The standard InChI is InChI=1S/C12H17BFNO3/c1-15(12-2-3-18-8-12)7-9-4-10(13(16)17)6-11(14)5-9/h4-6,12,16-17H,2-3,7-8H2,1H3. The summed E-state index contributed by atoms with van der Waals surface area (Å²) >= 11 is 0. The van der Waals surface area contributed by atoms with Gasteiger partial charge >= 0.3 is 7.12 Å². The van der Waals surface area contributed by atoms with Crippen LogP contribution in [-0.2, 0) is 11.3 Å². The van der Waals surface area contributed by atoms with Crippen molar-refractivity contribution in [2.24, 2.45) is 0 Å². The molecule has 6 heteroatoms. The van der Waals surface area contributed by atoms with Crippen molar-refractivity contribution < 1.29 is 19.2 Å². The Balaban J connectivity index is 2.08. The van der Waals surface area contributed by atoms with E-state index in [0.717, 1.165) is 24.7 Å². The van der Waals surface area contributed by atoms with Crippen LogP contribution in [0.1, 0.15) is 12.0 Å². The number of hydrogen-bond acceptors (Lipinski definition) is 4. The van der Waals surface area contributed by atoms with E-state index in [2.05, 4.69) is 4.90 Å². The third kappa shape index (κ3) is 3.29. The molecular weight excluding hydrogens is 236 g/mol. The minimum Gasteiger partial charge on any atom is -0.423 e. The summed E-state index contributed by atoms with van der Waals surface area (Å²) in [7, 11) is 0.318. The van der Waals surface area contributed by atoms with E-state index >= 15 is 0 Å². The minimum absolute atomic E-state index is 0.182. The van der Waals surface area contributed by atoms with Crippen molar-refractivity contribution in [3.63, 3.8) is 0 Å². The predicted molar refractivity (Wildman–Crippen MR) is 66.9 cm³/mol. The monoisotopic (exact) mass is 253 g/mol. The van der Waals surface area contributed by atoms with Gasteiger partial charge in [0.2, 0.25) is 0 Å². The van der Waals surface area contributed by atoms with Gasteiger partial charge in [0.15, 0.2) is 0 Å². The van der Waals surface area contributed by atoms with Crippen LogP contribution >= 0.6 is 0 Å². The van der Waals surface area contributed by atoms with Crippen LogP contribution in [0.25, 0.3) is 0 Å². The summed E-state index contributed by atoms with van der Waals surface area (Å²) in [6.45, 7) is 2.02.